The molecule has 6 heteroatoms. The molecule has 6 nitrogen and oxygen atoms in total. The van der Waals surface area contributed by atoms with E-state index in [1.165, 1.54) is 0 Å². The van der Waals surface area contributed by atoms with E-state index in [2.05, 4.69) is 22.1 Å². The van der Waals surface area contributed by atoms with Gasteiger partial charge < -0.3 is 19.5 Å². The number of nitrogens with one attached hydrogen (secondary N) is 1. The Morgan fingerprint density at radius 1 is 1.25 bits per heavy atom. The number of fused-ring (bicyclic) bond motifs is 1. The number of benzene rings is 1. The highest BCUT2D eigenvalue weighted by atomic mass is 16.5. The summed E-state index contributed by atoms with van der Waals surface area (Å²) in [5.74, 6) is 7.42. The average Bonchev–Trinajstić information content (AvgIpc) is 2.98. The standard InChI is InChI=1S/C22H24N2O4/c1-16-9-10-18(14-24-16)26-12-5-4-11-23-20(25)15-27-19-8-6-7-17-13-22(2,3)28-21(17)19/h6-10,14H,11-13,15H2,1-3H3,(H,23,25). The number of nitrogens with zero attached hydrogens (tertiary/aromatic N) is 1. The van der Waals surface area contributed by atoms with Crippen molar-refractivity contribution < 1.29 is 19.0 Å². The van der Waals surface area contributed by atoms with E-state index in [0.29, 0.717) is 11.5 Å². The van der Waals surface area contributed by atoms with Crippen molar-refractivity contribution in [2.24, 2.45) is 0 Å². The van der Waals surface area contributed by atoms with Crippen molar-refractivity contribution in [3.05, 3.63) is 47.8 Å². The van der Waals surface area contributed by atoms with Crippen LogP contribution in [0, 0.1) is 18.8 Å². The van der Waals surface area contributed by atoms with E-state index >= 15 is 0 Å². The number of para-hydroxylation sites is 1. The zero-order valence-corrected chi connectivity index (χ0v) is 16.4. The zero-order valence-electron chi connectivity index (χ0n) is 16.4. The lowest BCUT2D eigenvalue weighted by molar-refractivity contribution is -0.122. The van der Waals surface area contributed by atoms with E-state index in [1.54, 1.807) is 6.20 Å². The van der Waals surface area contributed by atoms with Crippen LogP contribution in [0.2, 0.25) is 0 Å². The first kappa shape index (κ1) is 19.6. The maximum Gasteiger partial charge on any atom is 0.258 e. The molecule has 1 aromatic carbocycles. The van der Waals surface area contributed by atoms with Gasteiger partial charge in [0.25, 0.3) is 5.91 Å². The predicted octanol–water partition coefficient (Wildman–Crippen LogP) is 2.68. The molecule has 0 fully saturated rings. The number of hydrogen-bond acceptors (Lipinski definition) is 5. The van der Waals surface area contributed by atoms with Crippen molar-refractivity contribution in [2.75, 3.05) is 19.8 Å². The molecule has 2 aromatic rings. The van der Waals surface area contributed by atoms with E-state index in [9.17, 15) is 4.79 Å². The molecule has 0 atom stereocenters. The Balaban J connectivity index is 1.38. The molecule has 28 heavy (non-hydrogen) atoms. The number of carbonyl (C=O) groups is 1. The Bertz CT molecular complexity index is 895. The molecule has 1 aliphatic rings. The van der Waals surface area contributed by atoms with Crippen LogP contribution in [0.25, 0.3) is 0 Å². The second-order valence-electron chi connectivity index (χ2n) is 7.13. The smallest absolute Gasteiger partial charge is 0.258 e. The fourth-order valence-corrected chi connectivity index (χ4v) is 2.81. The van der Waals surface area contributed by atoms with Crippen molar-refractivity contribution in [1.29, 1.82) is 0 Å². The topological polar surface area (TPSA) is 69.7 Å². The van der Waals surface area contributed by atoms with Gasteiger partial charge >= 0.3 is 0 Å². The summed E-state index contributed by atoms with van der Waals surface area (Å²) in [5, 5.41) is 2.70. The second-order valence-corrected chi connectivity index (χ2v) is 7.13. The van der Waals surface area contributed by atoms with Crippen molar-refractivity contribution in [2.45, 2.75) is 32.8 Å². The van der Waals surface area contributed by atoms with Crippen LogP contribution in [-0.4, -0.2) is 36.3 Å². The van der Waals surface area contributed by atoms with Crippen LogP contribution in [-0.2, 0) is 11.2 Å². The molecule has 0 spiro atoms. The van der Waals surface area contributed by atoms with Gasteiger partial charge in [-0.15, -0.1) is 0 Å². The van der Waals surface area contributed by atoms with Crippen LogP contribution in [0.1, 0.15) is 25.1 Å². The minimum Gasteiger partial charge on any atom is -0.483 e. The van der Waals surface area contributed by atoms with Gasteiger partial charge in [-0.05, 0) is 39.0 Å². The lowest BCUT2D eigenvalue weighted by Gasteiger charge is -2.18. The molecule has 1 aromatic heterocycles. The highest BCUT2D eigenvalue weighted by molar-refractivity contribution is 5.77. The van der Waals surface area contributed by atoms with Gasteiger partial charge in [0.2, 0.25) is 0 Å². The third-order valence-electron chi connectivity index (χ3n) is 4.11. The van der Waals surface area contributed by atoms with Crippen molar-refractivity contribution >= 4 is 5.91 Å². The van der Waals surface area contributed by atoms with Gasteiger partial charge in [-0.3, -0.25) is 9.78 Å². The Hall–Kier alpha value is -3.20. The van der Waals surface area contributed by atoms with E-state index in [-0.39, 0.29) is 31.3 Å². The fraction of sp³-hybridized carbons (Fsp3) is 0.364. The van der Waals surface area contributed by atoms with Gasteiger partial charge in [-0.2, -0.15) is 0 Å². The average molecular weight is 380 g/mol. The third-order valence-corrected chi connectivity index (χ3v) is 4.11. The minimum absolute atomic E-state index is 0.0898. The van der Waals surface area contributed by atoms with Gasteiger partial charge in [0.1, 0.15) is 18.0 Å². The first-order valence-corrected chi connectivity index (χ1v) is 9.14. The van der Waals surface area contributed by atoms with Crippen LogP contribution < -0.4 is 19.5 Å². The lowest BCUT2D eigenvalue weighted by atomic mass is 10.0. The maximum absolute atomic E-state index is 11.9. The highest BCUT2D eigenvalue weighted by Crippen LogP contribution is 2.41. The van der Waals surface area contributed by atoms with Gasteiger partial charge in [-0.1, -0.05) is 24.0 Å². The molecule has 3 rings (SSSR count). The molecule has 0 bridgehead atoms. The van der Waals surface area contributed by atoms with Crippen LogP contribution in [0.4, 0.5) is 0 Å². The number of hydrogen-bond donors (Lipinski definition) is 1. The van der Waals surface area contributed by atoms with E-state index in [0.717, 1.165) is 23.4 Å². The van der Waals surface area contributed by atoms with E-state index in [1.807, 2.05) is 51.1 Å². The number of amides is 1. The first-order valence-electron chi connectivity index (χ1n) is 9.14. The first-order chi connectivity index (χ1) is 13.4. The second kappa shape index (κ2) is 8.66. The number of carbonyl (C=O) groups excluding carboxylic acids is 1. The predicted molar refractivity (Wildman–Crippen MR) is 106 cm³/mol. The van der Waals surface area contributed by atoms with Crippen molar-refractivity contribution in [3.63, 3.8) is 0 Å². The van der Waals surface area contributed by atoms with Gasteiger partial charge in [0.15, 0.2) is 18.1 Å². The Morgan fingerprint density at radius 2 is 2.11 bits per heavy atom. The summed E-state index contributed by atoms with van der Waals surface area (Å²) < 4.78 is 17.0. The van der Waals surface area contributed by atoms with Crippen molar-refractivity contribution in [1.82, 2.24) is 10.3 Å². The van der Waals surface area contributed by atoms with Gasteiger partial charge in [-0.25, -0.2) is 0 Å². The van der Waals surface area contributed by atoms with Gasteiger partial charge in [0, 0.05) is 17.7 Å². The van der Waals surface area contributed by atoms with E-state index in [4.69, 9.17) is 14.2 Å². The minimum atomic E-state index is -0.254. The fourth-order valence-electron chi connectivity index (χ4n) is 2.81. The molecule has 0 unspecified atom stereocenters. The van der Waals surface area contributed by atoms with Crippen LogP contribution in [0.15, 0.2) is 36.5 Å². The summed E-state index contributed by atoms with van der Waals surface area (Å²) in [6.45, 7) is 6.35. The summed E-state index contributed by atoms with van der Waals surface area (Å²) in [5.41, 5.74) is 1.77. The molecular weight excluding hydrogens is 356 g/mol. The monoisotopic (exact) mass is 380 g/mol. The third kappa shape index (κ3) is 5.40. The van der Waals surface area contributed by atoms with Gasteiger partial charge in [0.05, 0.1) is 12.7 Å². The summed E-state index contributed by atoms with van der Waals surface area (Å²) in [6.07, 6.45) is 2.48. The molecule has 146 valence electrons. The summed E-state index contributed by atoms with van der Waals surface area (Å²) in [6, 6.07) is 9.45. The van der Waals surface area contributed by atoms with Crippen molar-refractivity contribution in [3.8, 4) is 29.1 Å². The molecule has 0 radical (unpaired) electrons. The van der Waals surface area contributed by atoms with E-state index < -0.39 is 0 Å². The Morgan fingerprint density at radius 3 is 2.89 bits per heavy atom. The molecular formula is C22H24N2O4. The largest absolute Gasteiger partial charge is 0.483 e. The number of pyridine rings is 1. The number of aryl methyl sites for hydroxylation is 1. The quantitative estimate of drug-likeness (QED) is 0.781. The summed E-state index contributed by atoms with van der Waals surface area (Å²) >= 11 is 0. The molecule has 0 aliphatic carbocycles. The Kier molecular flexibility index (Phi) is 6.05. The SMILES string of the molecule is Cc1ccc(OCC#CCNC(=O)COc2cccc3c2OC(C)(C)C3)cn1. The van der Waals surface area contributed by atoms with Crippen LogP contribution in [0.5, 0.6) is 17.2 Å². The number of rotatable bonds is 6. The number of aromatic nitrogens is 1. The normalized spacial score (nSPS) is 13.5. The molecule has 0 saturated carbocycles. The lowest BCUT2D eigenvalue weighted by Crippen LogP contribution is -2.29. The van der Waals surface area contributed by atoms with Crippen LogP contribution in [0.3, 0.4) is 0 Å². The highest BCUT2D eigenvalue weighted by Gasteiger charge is 2.32. The molecule has 1 aliphatic heterocycles. The summed E-state index contributed by atoms with van der Waals surface area (Å²) in [4.78, 5) is 16.1. The summed E-state index contributed by atoms with van der Waals surface area (Å²) in [7, 11) is 0. The van der Waals surface area contributed by atoms with Crippen LogP contribution >= 0.6 is 0 Å². The zero-order chi connectivity index (χ0) is 20.0. The molecule has 2 heterocycles. The number of ether oxygens (including phenoxy) is 3. The maximum atomic E-state index is 11.9. The Labute approximate surface area is 165 Å². The molecule has 1 N–H and O–H groups in total. The molecule has 1 amide bonds. The molecule has 0 saturated heterocycles.